The van der Waals surface area contributed by atoms with Crippen LogP contribution in [0.5, 0.6) is 11.5 Å². The molecule has 2 heterocycles. The summed E-state index contributed by atoms with van der Waals surface area (Å²) in [5.74, 6) is 0.866. The van der Waals surface area contributed by atoms with Gasteiger partial charge < -0.3 is 14.8 Å². The van der Waals surface area contributed by atoms with E-state index in [9.17, 15) is 4.79 Å². The number of rotatable bonds is 4. The van der Waals surface area contributed by atoms with Gasteiger partial charge in [-0.1, -0.05) is 12.1 Å². The van der Waals surface area contributed by atoms with E-state index in [1.54, 1.807) is 30.6 Å². The van der Waals surface area contributed by atoms with Crippen LogP contribution >= 0.6 is 12.2 Å². The Bertz CT molecular complexity index is 1010. The van der Waals surface area contributed by atoms with Crippen molar-refractivity contribution in [1.29, 1.82) is 0 Å². The van der Waals surface area contributed by atoms with Crippen LogP contribution in [0.4, 0.5) is 5.69 Å². The molecule has 0 saturated heterocycles. The molecular weight excluding hydrogens is 374 g/mol. The van der Waals surface area contributed by atoms with E-state index in [0.717, 1.165) is 12.1 Å². The Hall–Kier alpha value is -3.45. The maximum atomic E-state index is 12.4. The van der Waals surface area contributed by atoms with E-state index in [2.05, 4.69) is 15.6 Å². The summed E-state index contributed by atoms with van der Waals surface area (Å²) in [5, 5.41) is 5.91. The standard InChI is InChI=1S/C21H17N3O3S/c25-20(16-3-6-18-19(12-16)27-13-26-18)24-21(28)23-17-4-1-14(2-5-17)11-15-7-9-22-10-8-15/h1-10,12H,11,13H2,(H2,23,24,25,28). The van der Waals surface area contributed by atoms with Crippen molar-refractivity contribution in [2.24, 2.45) is 0 Å². The molecule has 0 atom stereocenters. The van der Waals surface area contributed by atoms with Crippen molar-refractivity contribution in [2.45, 2.75) is 6.42 Å². The van der Waals surface area contributed by atoms with Gasteiger partial charge in [-0.25, -0.2) is 0 Å². The number of pyridine rings is 1. The summed E-state index contributed by atoms with van der Waals surface area (Å²) in [6.07, 6.45) is 4.40. The number of fused-ring (bicyclic) bond motifs is 1. The van der Waals surface area contributed by atoms with E-state index >= 15 is 0 Å². The molecular formula is C21H17N3O3S. The monoisotopic (exact) mass is 391 g/mol. The number of benzene rings is 2. The zero-order valence-electron chi connectivity index (χ0n) is 14.8. The molecule has 1 aliphatic heterocycles. The fourth-order valence-corrected chi connectivity index (χ4v) is 3.03. The van der Waals surface area contributed by atoms with Gasteiger partial charge in [-0.2, -0.15) is 0 Å². The Morgan fingerprint density at radius 1 is 0.964 bits per heavy atom. The highest BCUT2D eigenvalue weighted by Crippen LogP contribution is 2.32. The SMILES string of the molecule is O=C(NC(=S)Nc1ccc(Cc2ccncc2)cc1)c1ccc2c(c1)OCO2. The molecule has 0 bridgehead atoms. The average molecular weight is 391 g/mol. The minimum Gasteiger partial charge on any atom is -0.454 e. The lowest BCUT2D eigenvalue weighted by Gasteiger charge is -2.10. The molecule has 1 aromatic heterocycles. The smallest absolute Gasteiger partial charge is 0.257 e. The van der Waals surface area contributed by atoms with Crippen LogP contribution in [0.2, 0.25) is 0 Å². The molecule has 140 valence electrons. The fraction of sp³-hybridized carbons (Fsp3) is 0.0952. The summed E-state index contributed by atoms with van der Waals surface area (Å²) in [6.45, 7) is 0.164. The summed E-state index contributed by atoms with van der Waals surface area (Å²) in [5.41, 5.74) is 3.62. The molecule has 7 heteroatoms. The van der Waals surface area contributed by atoms with Gasteiger partial charge in [-0.15, -0.1) is 0 Å². The van der Waals surface area contributed by atoms with Crippen molar-refractivity contribution in [2.75, 3.05) is 12.1 Å². The van der Waals surface area contributed by atoms with Crippen molar-refractivity contribution < 1.29 is 14.3 Å². The van der Waals surface area contributed by atoms with Crippen molar-refractivity contribution in [1.82, 2.24) is 10.3 Å². The number of hydrogen-bond acceptors (Lipinski definition) is 5. The van der Waals surface area contributed by atoms with E-state index < -0.39 is 0 Å². The molecule has 2 N–H and O–H groups in total. The zero-order chi connectivity index (χ0) is 19.3. The van der Waals surface area contributed by atoms with Crippen LogP contribution in [0.1, 0.15) is 21.5 Å². The van der Waals surface area contributed by atoms with Crippen LogP contribution < -0.4 is 20.1 Å². The van der Waals surface area contributed by atoms with Crippen molar-refractivity contribution in [3.05, 3.63) is 83.7 Å². The topological polar surface area (TPSA) is 72.5 Å². The molecule has 4 rings (SSSR count). The lowest BCUT2D eigenvalue weighted by molar-refractivity contribution is 0.0977. The summed E-state index contributed by atoms with van der Waals surface area (Å²) in [7, 11) is 0. The molecule has 0 saturated carbocycles. The number of thiocarbonyl (C=S) groups is 1. The molecule has 1 amide bonds. The second-order valence-electron chi connectivity index (χ2n) is 6.21. The first-order chi connectivity index (χ1) is 13.7. The summed E-state index contributed by atoms with van der Waals surface area (Å²) >= 11 is 5.24. The Morgan fingerprint density at radius 2 is 1.68 bits per heavy atom. The molecule has 6 nitrogen and oxygen atoms in total. The van der Waals surface area contributed by atoms with Gasteiger partial charge in [0.05, 0.1) is 0 Å². The second kappa shape index (κ2) is 8.06. The van der Waals surface area contributed by atoms with Gasteiger partial charge in [0.25, 0.3) is 5.91 Å². The Balaban J connectivity index is 1.34. The number of nitrogens with zero attached hydrogens (tertiary/aromatic N) is 1. The highest BCUT2D eigenvalue weighted by atomic mass is 32.1. The lowest BCUT2D eigenvalue weighted by Crippen LogP contribution is -2.34. The molecule has 2 aromatic carbocycles. The molecule has 3 aromatic rings. The average Bonchev–Trinajstić information content (AvgIpc) is 3.18. The van der Waals surface area contributed by atoms with Gasteiger partial charge in [0.15, 0.2) is 16.6 Å². The van der Waals surface area contributed by atoms with Crippen molar-refractivity contribution >= 4 is 28.9 Å². The van der Waals surface area contributed by atoms with Crippen molar-refractivity contribution in [3.8, 4) is 11.5 Å². The van der Waals surface area contributed by atoms with E-state index in [0.29, 0.717) is 17.1 Å². The predicted molar refractivity (Wildman–Crippen MR) is 110 cm³/mol. The van der Waals surface area contributed by atoms with Crippen LogP contribution in [0.15, 0.2) is 67.0 Å². The van der Waals surface area contributed by atoms with E-state index in [1.165, 1.54) is 11.1 Å². The number of ether oxygens (including phenoxy) is 2. The molecule has 0 spiro atoms. The Morgan fingerprint density at radius 3 is 2.46 bits per heavy atom. The Kier molecular flexibility index (Phi) is 5.16. The summed E-state index contributed by atoms with van der Waals surface area (Å²) in [4.78, 5) is 16.4. The second-order valence-corrected chi connectivity index (χ2v) is 6.61. The largest absolute Gasteiger partial charge is 0.454 e. The minimum absolute atomic E-state index is 0.164. The quantitative estimate of drug-likeness (QED) is 0.663. The lowest BCUT2D eigenvalue weighted by atomic mass is 10.1. The van der Waals surface area contributed by atoms with Gasteiger partial charge in [0.1, 0.15) is 0 Å². The van der Waals surface area contributed by atoms with Crippen molar-refractivity contribution in [3.63, 3.8) is 0 Å². The predicted octanol–water partition coefficient (Wildman–Crippen LogP) is 3.53. The van der Waals surface area contributed by atoms with Crippen LogP contribution in [-0.4, -0.2) is 22.8 Å². The first-order valence-electron chi connectivity index (χ1n) is 8.67. The normalized spacial score (nSPS) is 11.7. The Labute approximate surface area is 167 Å². The fourth-order valence-electron chi connectivity index (χ4n) is 2.82. The van der Waals surface area contributed by atoms with E-state index in [1.807, 2.05) is 36.4 Å². The summed E-state index contributed by atoms with van der Waals surface area (Å²) < 4.78 is 10.5. The van der Waals surface area contributed by atoms with Gasteiger partial charge in [0.2, 0.25) is 6.79 Å². The number of carbonyl (C=O) groups excluding carboxylic acids is 1. The van der Waals surface area contributed by atoms with E-state index in [4.69, 9.17) is 21.7 Å². The number of hydrogen-bond donors (Lipinski definition) is 2. The highest BCUT2D eigenvalue weighted by molar-refractivity contribution is 7.80. The molecule has 0 aliphatic carbocycles. The number of anilines is 1. The van der Waals surface area contributed by atoms with Crippen LogP contribution in [0, 0.1) is 0 Å². The van der Waals surface area contributed by atoms with E-state index in [-0.39, 0.29) is 17.8 Å². The minimum atomic E-state index is -0.315. The zero-order valence-corrected chi connectivity index (χ0v) is 15.7. The molecule has 1 aliphatic rings. The summed E-state index contributed by atoms with van der Waals surface area (Å²) in [6, 6.07) is 16.9. The number of amides is 1. The maximum Gasteiger partial charge on any atom is 0.257 e. The molecule has 28 heavy (non-hydrogen) atoms. The molecule has 0 radical (unpaired) electrons. The third-order valence-electron chi connectivity index (χ3n) is 4.23. The number of carbonyl (C=O) groups is 1. The molecule has 0 unspecified atom stereocenters. The molecule has 0 fully saturated rings. The first-order valence-corrected chi connectivity index (χ1v) is 9.08. The van der Waals surface area contributed by atoms with Gasteiger partial charge in [0, 0.05) is 23.6 Å². The van der Waals surface area contributed by atoms with Gasteiger partial charge in [-0.3, -0.25) is 15.1 Å². The number of nitrogens with one attached hydrogen (secondary N) is 2. The third-order valence-corrected chi connectivity index (χ3v) is 4.44. The van der Waals surface area contributed by atoms with Crippen LogP contribution in [0.25, 0.3) is 0 Å². The highest BCUT2D eigenvalue weighted by Gasteiger charge is 2.16. The third kappa shape index (κ3) is 4.27. The first kappa shape index (κ1) is 17.9. The van der Waals surface area contributed by atoms with Gasteiger partial charge >= 0.3 is 0 Å². The number of aromatic nitrogens is 1. The maximum absolute atomic E-state index is 12.4. The van der Waals surface area contributed by atoms with Crippen LogP contribution in [0.3, 0.4) is 0 Å². The van der Waals surface area contributed by atoms with Gasteiger partial charge in [-0.05, 0) is 72.2 Å². The van der Waals surface area contributed by atoms with Crippen LogP contribution in [-0.2, 0) is 6.42 Å².